The Kier molecular flexibility index (Phi) is 6.62. The molecule has 0 saturated heterocycles. The van der Waals surface area contributed by atoms with Crippen molar-refractivity contribution < 1.29 is 34.8 Å². The highest BCUT2D eigenvalue weighted by molar-refractivity contribution is 6.08. The van der Waals surface area contributed by atoms with Gasteiger partial charge in [-0.2, -0.15) is 0 Å². The lowest BCUT2D eigenvalue weighted by Gasteiger charge is -2.44. The monoisotopic (exact) mass is 340 g/mol. The van der Waals surface area contributed by atoms with Crippen molar-refractivity contribution in [1.82, 2.24) is 0 Å². The molecule has 1 aliphatic carbocycles. The summed E-state index contributed by atoms with van der Waals surface area (Å²) in [5, 5.41) is 40.7. The van der Waals surface area contributed by atoms with Gasteiger partial charge in [0, 0.05) is 12.5 Å². The summed E-state index contributed by atoms with van der Waals surface area (Å²) in [7, 11) is 0. The van der Waals surface area contributed by atoms with Crippen LogP contribution in [-0.4, -0.2) is 62.7 Å². The van der Waals surface area contributed by atoms with Gasteiger partial charge in [0.05, 0.1) is 6.61 Å². The first-order chi connectivity index (χ1) is 11.1. The number of allylic oxidation sites excluding steroid dienone is 3. The minimum atomic E-state index is -2.39. The fourth-order valence-electron chi connectivity index (χ4n) is 2.76. The number of carbonyl (C=O) groups is 2. The third-order valence-corrected chi connectivity index (χ3v) is 3.79. The Labute approximate surface area is 140 Å². The fraction of sp³-hybridized carbons (Fsp3) is 0.529. The van der Waals surface area contributed by atoms with Crippen LogP contribution in [0.25, 0.3) is 0 Å². The van der Waals surface area contributed by atoms with E-state index in [9.17, 15) is 30.0 Å². The van der Waals surface area contributed by atoms with Gasteiger partial charge in [-0.25, -0.2) is 0 Å². The third-order valence-electron chi connectivity index (χ3n) is 3.79. The first kappa shape index (κ1) is 20.2. The molecule has 0 aromatic heterocycles. The van der Waals surface area contributed by atoms with Gasteiger partial charge < -0.3 is 25.2 Å². The number of ether oxygens (including phenoxy) is 1. The Hall–Kier alpha value is -1.80. The molecule has 134 valence electrons. The number of carbonyl (C=O) groups excluding carboxylic acids is 2. The number of Topliss-reactive ketones (excluding diaryl/α,β-unsaturated/α-hetero) is 1. The molecule has 0 aromatic rings. The van der Waals surface area contributed by atoms with Crippen LogP contribution in [-0.2, 0) is 14.3 Å². The highest BCUT2D eigenvalue weighted by Gasteiger charge is 2.60. The Balaban J connectivity index is 3.69. The van der Waals surface area contributed by atoms with E-state index in [0.29, 0.717) is 5.57 Å². The normalized spacial score (nSPS) is 28.9. The molecule has 4 N–H and O–H groups in total. The van der Waals surface area contributed by atoms with Crippen LogP contribution in [0.2, 0.25) is 0 Å². The lowest BCUT2D eigenvalue weighted by atomic mass is 9.71. The van der Waals surface area contributed by atoms with Crippen molar-refractivity contribution in [3.05, 3.63) is 34.9 Å². The molecule has 1 rings (SSSR count). The highest BCUT2D eigenvalue weighted by Crippen LogP contribution is 2.37. The average Bonchev–Trinajstić information content (AvgIpc) is 2.48. The van der Waals surface area contributed by atoms with Gasteiger partial charge in [0.25, 0.3) is 0 Å². The standard InChI is InChI=1S/C17H24O7/c1-5-6-11-12(8-18)14(21)16(23)17(15(11)22,24-10(4)19)13(20)7-9(2)3/h5-7,13-14,16,18,20-21,23H,8H2,1-4H3/b6-5+/t13-,14-,16+,17+/m1/s1. The first-order valence-electron chi connectivity index (χ1n) is 7.53. The second-order valence-corrected chi connectivity index (χ2v) is 5.89. The van der Waals surface area contributed by atoms with E-state index in [0.717, 1.165) is 6.92 Å². The maximum Gasteiger partial charge on any atom is 0.303 e. The van der Waals surface area contributed by atoms with Gasteiger partial charge in [-0.05, 0) is 26.3 Å². The van der Waals surface area contributed by atoms with Crippen LogP contribution in [0.4, 0.5) is 0 Å². The van der Waals surface area contributed by atoms with E-state index < -0.39 is 42.3 Å². The second kappa shape index (κ2) is 7.85. The number of esters is 1. The topological polar surface area (TPSA) is 124 Å². The smallest absolute Gasteiger partial charge is 0.303 e. The molecule has 0 aromatic carbocycles. The fourth-order valence-corrected chi connectivity index (χ4v) is 2.76. The zero-order valence-corrected chi connectivity index (χ0v) is 14.2. The van der Waals surface area contributed by atoms with E-state index >= 15 is 0 Å². The summed E-state index contributed by atoms with van der Waals surface area (Å²) in [6.45, 7) is 5.29. The second-order valence-electron chi connectivity index (χ2n) is 5.89. The summed E-state index contributed by atoms with van der Waals surface area (Å²) < 4.78 is 5.06. The van der Waals surface area contributed by atoms with Crippen LogP contribution < -0.4 is 0 Å². The number of hydrogen-bond donors (Lipinski definition) is 4. The molecule has 0 unspecified atom stereocenters. The molecule has 4 atom stereocenters. The van der Waals surface area contributed by atoms with Crippen molar-refractivity contribution in [3.8, 4) is 0 Å². The molecule has 0 aliphatic heterocycles. The summed E-state index contributed by atoms with van der Waals surface area (Å²) >= 11 is 0. The summed E-state index contributed by atoms with van der Waals surface area (Å²) in [5.74, 6) is -1.79. The Bertz CT molecular complexity index is 598. The summed E-state index contributed by atoms with van der Waals surface area (Å²) in [6, 6.07) is 0. The van der Waals surface area contributed by atoms with Crippen LogP contribution in [0.3, 0.4) is 0 Å². The Morgan fingerprint density at radius 3 is 2.33 bits per heavy atom. The lowest BCUT2D eigenvalue weighted by molar-refractivity contribution is -0.202. The summed E-state index contributed by atoms with van der Waals surface area (Å²) in [6.07, 6.45) is -1.21. The van der Waals surface area contributed by atoms with Crippen LogP contribution in [0.15, 0.2) is 34.9 Å². The first-order valence-corrected chi connectivity index (χ1v) is 7.53. The van der Waals surface area contributed by atoms with Crippen molar-refractivity contribution in [2.45, 2.75) is 51.6 Å². The van der Waals surface area contributed by atoms with E-state index in [1.807, 2.05) is 0 Å². The number of rotatable bonds is 5. The van der Waals surface area contributed by atoms with Gasteiger partial charge in [-0.15, -0.1) is 0 Å². The number of ketones is 1. The van der Waals surface area contributed by atoms with Gasteiger partial charge >= 0.3 is 5.97 Å². The van der Waals surface area contributed by atoms with E-state index in [4.69, 9.17) is 4.74 Å². The predicted octanol–water partition coefficient (Wildman–Crippen LogP) is -0.215. The maximum atomic E-state index is 13.0. The zero-order valence-electron chi connectivity index (χ0n) is 14.2. The lowest BCUT2D eigenvalue weighted by Crippen LogP contribution is -2.66. The van der Waals surface area contributed by atoms with Gasteiger partial charge in [-0.3, -0.25) is 9.59 Å². The van der Waals surface area contributed by atoms with Crippen LogP contribution >= 0.6 is 0 Å². The van der Waals surface area contributed by atoms with Gasteiger partial charge in [0.15, 0.2) is 0 Å². The third kappa shape index (κ3) is 3.49. The highest BCUT2D eigenvalue weighted by atomic mass is 16.6. The van der Waals surface area contributed by atoms with Crippen molar-refractivity contribution in [2.24, 2.45) is 0 Å². The molecular formula is C17H24O7. The van der Waals surface area contributed by atoms with Gasteiger partial charge in [0.2, 0.25) is 11.4 Å². The number of aliphatic hydroxyl groups excluding tert-OH is 4. The van der Waals surface area contributed by atoms with E-state index in [2.05, 4.69) is 0 Å². The molecular weight excluding hydrogens is 316 g/mol. The number of aliphatic hydroxyl groups is 4. The molecule has 0 heterocycles. The van der Waals surface area contributed by atoms with Crippen LogP contribution in [0, 0.1) is 0 Å². The Morgan fingerprint density at radius 1 is 1.33 bits per heavy atom. The van der Waals surface area contributed by atoms with E-state index in [1.165, 1.54) is 18.2 Å². The van der Waals surface area contributed by atoms with Crippen molar-refractivity contribution in [2.75, 3.05) is 6.61 Å². The minimum Gasteiger partial charge on any atom is -0.445 e. The minimum absolute atomic E-state index is 0.0993. The van der Waals surface area contributed by atoms with Gasteiger partial charge in [-0.1, -0.05) is 23.8 Å². The SMILES string of the molecule is C/C=C/C1=C(CO)[C@@H](O)[C@H](O)[C@](OC(C)=O)([C@H](O)C=C(C)C)C1=O. The molecule has 24 heavy (non-hydrogen) atoms. The van der Waals surface area contributed by atoms with Crippen molar-refractivity contribution >= 4 is 11.8 Å². The average molecular weight is 340 g/mol. The molecule has 0 bridgehead atoms. The summed E-state index contributed by atoms with van der Waals surface area (Å²) in [5.41, 5.74) is -1.98. The predicted molar refractivity (Wildman–Crippen MR) is 85.9 cm³/mol. The molecule has 7 heteroatoms. The molecule has 0 amide bonds. The van der Waals surface area contributed by atoms with Crippen LogP contribution in [0.1, 0.15) is 27.7 Å². The largest absolute Gasteiger partial charge is 0.445 e. The molecule has 7 nitrogen and oxygen atoms in total. The molecule has 1 aliphatic rings. The molecule has 0 fully saturated rings. The number of hydrogen-bond acceptors (Lipinski definition) is 7. The summed E-state index contributed by atoms with van der Waals surface area (Å²) in [4.78, 5) is 24.5. The van der Waals surface area contributed by atoms with Gasteiger partial charge in [0.1, 0.15) is 18.3 Å². The molecule has 0 spiro atoms. The maximum absolute atomic E-state index is 13.0. The molecule has 0 saturated carbocycles. The Morgan fingerprint density at radius 2 is 1.92 bits per heavy atom. The van der Waals surface area contributed by atoms with E-state index in [1.54, 1.807) is 20.8 Å². The zero-order chi connectivity index (χ0) is 18.7. The van der Waals surface area contributed by atoms with Crippen molar-refractivity contribution in [1.29, 1.82) is 0 Å². The quantitative estimate of drug-likeness (QED) is 0.403. The van der Waals surface area contributed by atoms with E-state index in [-0.39, 0.29) is 11.1 Å². The molecule has 0 radical (unpaired) electrons. The van der Waals surface area contributed by atoms with Crippen molar-refractivity contribution in [3.63, 3.8) is 0 Å². The van der Waals surface area contributed by atoms with Crippen LogP contribution in [0.5, 0.6) is 0 Å².